The fourth-order valence-corrected chi connectivity index (χ4v) is 2.38. The van der Waals surface area contributed by atoms with E-state index in [4.69, 9.17) is 11.1 Å². The summed E-state index contributed by atoms with van der Waals surface area (Å²) in [5, 5.41) is 0. The average Bonchev–Trinajstić information content (AvgIpc) is 2.95. The van der Waals surface area contributed by atoms with Crippen molar-refractivity contribution < 1.29 is 6.11 Å². The van der Waals surface area contributed by atoms with Gasteiger partial charge in [-0.2, -0.15) is 0 Å². The van der Waals surface area contributed by atoms with E-state index in [9.17, 15) is 0 Å². The van der Waals surface area contributed by atoms with Gasteiger partial charge in [0.25, 0.3) is 0 Å². The smallest absolute Gasteiger partial charge is 0.193 e. The normalized spacial score (nSPS) is 20.2. The summed E-state index contributed by atoms with van der Waals surface area (Å²) in [6.45, 7) is 6.24. The molecule has 2 aromatic rings. The molecule has 0 saturated carbocycles. The Labute approximate surface area is 138 Å². The van der Waals surface area contributed by atoms with Gasteiger partial charge in [0.15, 0.2) is 5.90 Å². The second-order valence-electron chi connectivity index (χ2n) is 6.17. The molecule has 0 amide bonds. The fraction of sp³-hybridized carbons (Fsp3) is 0.316. The van der Waals surface area contributed by atoms with Crippen molar-refractivity contribution in [2.75, 3.05) is 6.61 Å². The summed E-state index contributed by atoms with van der Waals surface area (Å²) in [5.41, 5.74) is 1.91. The molecule has 1 atom stereocenters. The summed E-state index contributed by atoms with van der Waals surface area (Å²) >= 11 is 0. The van der Waals surface area contributed by atoms with Crippen LogP contribution in [0.5, 0.6) is 0 Å². The molecule has 0 fully saturated rings. The van der Waals surface area contributed by atoms with Crippen molar-refractivity contribution in [2.45, 2.75) is 26.3 Å². The number of ether oxygens (including phenoxy) is 1. The monoisotopic (exact) mass is 308 g/mol. The third-order valence-corrected chi connectivity index (χ3v) is 3.59. The number of pyridine rings is 1. The van der Waals surface area contributed by atoms with Crippen molar-refractivity contribution in [3.05, 3.63) is 60.4 Å². The summed E-state index contributed by atoms with van der Waals surface area (Å²) in [5.74, 6) is -0.788. The number of rotatable bonds is 4. The van der Waals surface area contributed by atoms with Gasteiger partial charge in [-0.3, -0.25) is 9.98 Å². The van der Waals surface area contributed by atoms with Crippen LogP contribution >= 0.6 is 0 Å². The molecule has 3 rings (SSSR count). The lowest BCUT2D eigenvalue weighted by Crippen LogP contribution is -2.22. The molecule has 0 spiro atoms. The van der Waals surface area contributed by atoms with Crippen LogP contribution in [0.15, 0.2) is 64.8 Å². The van der Waals surface area contributed by atoms with Crippen LogP contribution in [-0.2, 0) is 4.74 Å². The average molecular weight is 308 g/mol. The minimum absolute atomic E-state index is 0.312. The van der Waals surface area contributed by atoms with E-state index >= 15 is 0 Å². The van der Waals surface area contributed by atoms with Crippen LogP contribution in [0.25, 0.3) is 0 Å². The third kappa shape index (κ3) is 3.65. The molecule has 0 saturated heterocycles. The lowest BCUT2D eigenvalue weighted by Gasteiger charge is -2.15. The lowest BCUT2D eigenvalue weighted by atomic mass is 9.98. The number of para-hydroxylation sites is 1. The Kier molecular flexibility index (Phi) is 3.88. The molecule has 1 aromatic carbocycles. The van der Waals surface area contributed by atoms with E-state index < -0.39 is 5.89 Å². The number of aliphatic imine (C=N–C) groups is 2. The summed E-state index contributed by atoms with van der Waals surface area (Å²) in [6, 6.07) is 13.3. The SMILES string of the molecule is [2H]C(C)(C1=NC(C)(C)CO1)C(=Nc1ccccc1)c1ccncc1. The Bertz CT molecular complexity index is 768. The van der Waals surface area contributed by atoms with Crippen LogP contribution in [0.4, 0.5) is 5.69 Å². The molecule has 23 heavy (non-hydrogen) atoms. The Morgan fingerprint density at radius 1 is 1.22 bits per heavy atom. The molecular formula is C19H21N3O. The van der Waals surface area contributed by atoms with Crippen LogP contribution in [0.1, 0.15) is 27.7 Å². The maximum Gasteiger partial charge on any atom is 0.193 e. The molecule has 2 heterocycles. The van der Waals surface area contributed by atoms with Gasteiger partial charge >= 0.3 is 0 Å². The molecule has 0 radical (unpaired) electrons. The molecule has 4 nitrogen and oxygen atoms in total. The minimum atomic E-state index is -1.19. The molecular weight excluding hydrogens is 286 g/mol. The highest BCUT2D eigenvalue weighted by Crippen LogP contribution is 2.24. The summed E-state index contributed by atoms with van der Waals surface area (Å²) < 4.78 is 14.7. The zero-order valence-corrected chi connectivity index (χ0v) is 13.7. The first kappa shape index (κ1) is 14.1. The minimum Gasteiger partial charge on any atom is -0.478 e. The van der Waals surface area contributed by atoms with Crippen molar-refractivity contribution in [3.63, 3.8) is 0 Å². The van der Waals surface area contributed by atoms with Gasteiger partial charge in [-0.25, -0.2) is 4.99 Å². The maximum absolute atomic E-state index is 8.94. The number of hydrogen-bond donors (Lipinski definition) is 0. The predicted molar refractivity (Wildman–Crippen MR) is 93.5 cm³/mol. The molecule has 1 aliphatic heterocycles. The highest BCUT2D eigenvalue weighted by atomic mass is 16.5. The number of aromatic nitrogens is 1. The molecule has 0 N–H and O–H groups in total. The molecule has 0 aliphatic carbocycles. The number of benzene rings is 1. The number of nitrogens with zero attached hydrogens (tertiary/aromatic N) is 3. The second-order valence-corrected chi connectivity index (χ2v) is 6.17. The molecule has 1 aromatic heterocycles. The van der Waals surface area contributed by atoms with Crippen molar-refractivity contribution >= 4 is 17.3 Å². The molecule has 118 valence electrons. The van der Waals surface area contributed by atoms with Gasteiger partial charge in [-0.1, -0.05) is 18.2 Å². The summed E-state index contributed by atoms with van der Waals surface area (Å²) in [4.78, 5) is 13.4. The van der Waals surface area contributed by atoms with Gasteiger partial charge in [0, 0.05) is 13.8 Å². The van der Waals surface area contributed by atoms with E-state index in [0.717, 1.165) is 11.3 Å². The van der Waals surface area contributed by atoms with Gasteiger partial charge < -0.3 is 4.74 Å². The van der Waals surface area contributed by atoms with Crippen molar-refractivity contribution in [1.82, 2.24) is 4.98 Å². The fourth-order valence-electron chi connectivity index (χ4n) is 2.38. The molecule has 4 heteroatoms. The van der Waals surface area contributed by atoms with Crippen LogP contribution in [0.3, 0.4) is 0 Å². The number of hydrogen-bond acceptors (Lipinski definition) is 4. The first-order valence-corrected chi connectivity index (χ1v) is 7.66. The molecule has 1 aliphatic rings. The van der Waals surface area contributed by atoms with Gasteiger partial charge in [0.2, 0.25) is 0 Å². The maximum atomic E-state index is 8.94. The largest absolute Gasteiger partial charge is 0.478 e. The Morgan fingerprint density at radius 3 is 2.52 bits per heavy atom. The van der Waals surface area contributed by atoms with E-state index in [1.165, 1.54) is 0 Å². The van der Waals surface area contributed by atoms with Gasteiger partial charge in [0.05, 0.1) is 22.8 Å². The molecule has 0 bridgehead atoms. The van der Waals surface area contributed by atoms with Gasteiger partial charge in [-0.15, -0.1) is 0 Å². The second kappa shape index (κ2) is 6.32. The highest BCUT2D eigenvalue weighted by molar-refractivity contribution is 6.14. The predicted octanol–water partition coefficient (Wildman–Crippen LogP) is 4.05. The van der Waals surface area contributed by atoms with E-state index in [1.54, 1.807) is 19.3 Å². The molecule has 1 unspecified atom stereocenters. The van der Waals surface area contributed by atoms with E-state index in [-0.39, 0.29) is 5.54 Å². The van der Waals surface area contributed by atoms with Crippen LogP contribution in [0.2, 0.25) is 0 Å². The third-order valence-electron chi connectivity index (χ3n) is 3.59. The van der Waals surface area contributed by atoms with Crippen LogP contribution in [-0.4, -0.2) is 28.7 Å². The van der Waals surface area contributed by atoms with Gasteiger partial charge in [0.1, 0.15) is 6.61 Å². The quantitative estimate of drug-likeness (QED) is 0.800. The first-order chi connectivity index (χ1) is 11.4. The lowest BCUT2D eigenvalue weighted by molar-refractivity contribution is 0.271. The summed E-state index contributed by atoms with van der Waals surface area (Å²) in [7, 11) is 0. The Balaban J connectivity index is 2.10. The van der Waals surface area contributed by atoms with E-state index in [1.807, 2.05) is 56.3 Å². The topological polar surface area (TPSA) is 46.8 Å². The first-order valence-electron chi connectivity index (χ1n) is 8.16. The zero-order chi connectivity index (χ0) is 17.2. The van der Waals surface area contributed by atoms with Crippen molar-refractivity contribution in [2.24, 2.45) is 15.9 Å². The van der Waals surface area contributed by atoms with E-state index in [0.29, 0.717) is 18.2 Å². The Hall–Kier alpha value is -2.49. The van der Waals surface area contributed by atoms with Crippen LogP contribution < -0.4 is 0 Å². The van der Waals surface area contributed by atoms with Crippen LogP contribution in [0, 0.1) is 5.89 Å². The van der Waals surface area contributed by atoms with Gasteiger partial charge in [-0.05, 0) is 50.6 Å². The van der Waals surface area contributed by atoms with Crippen molar-refractivity contribution in [1.29, 1.82) is 0 Å². The van der Waals surface area contributed by atoms with E-state index in [2.05, 4.69) is 9.98 Å². The Morgan fingerprint density at radius 2 is 1.91 bits per heavy atom. The summed E-state index contributed by atoms with van der Waals surface area (Å²) in [6.07, 6.45) is 3.40. The zero-order valence-electron chi connectivity index (χ0n) is 14.7. The van der Waals surface area contributed by atoms with Crippen molar-refractivity contribution in [3.8, 4) is 0 Å². The standard InChI is InChI=1S/C19H21N3O/c1-14(18-22-19(2,3)13-23-18)17(15-9-11-20-12-10-15)21-16-7-5-4-6-8-16/h4-12,14H,13H2,1-3H3/i14D. The highest BCUT2D eigenvalue weighted by Gasteiger charge is 2.31.